The van der Waals surface area contributed by atoms with Crippen LogP contribution < -0.4 is 5.32 Å². The Labute approximate surface area is 88.7 Å². The Morgan fingerprint density at radius 1 is 1.47 bits per heavy atom. The highest BCUT2D eigenvalue weighted by Gasteiger charge is 2.42. The lowest BCUT2D eigenvalue weighted by Gasteiger charge is -2.07. The van der Waals surface area contributed by atoms with Gasteiger partial charge in [0.15, 0.2) is 0 Å². The van der Waals surface area contributed by atoms with Crippen LogP contribution in [0.3, 0.4) is 0 Å². The summed E-state index contributed by atoms with van der Waals surface area (Å²) in [6.07, 6.45) is 1.97. The molecule has 0 spiro atoms. The first-order valence-corrected chi connectivity index (χ1v) is 5.11. The first-order valence-electron chi connectivity index (χ1n) is 5.11. The average Bonchev–Trinajstić information content (AvgIpc) is 2.99. The summed E-state index contributed by atoms with van der Waals surface area (Å²) in [4.78, 5) is 0. The molecule has 1 N–H and O–H groups in total. The lowest BCUT2D eigenvalue weighted by molar-refractivity contribution is 0.555. The molecule has 0 saturated heterocycles. The van der Waals surface area contributed by atoms with E-state index >= 15 is 0 Å². The summed E-state index contributed by atoms with van der Waals surface area (Å²) in [6.45, 7) is 1.33. The van der Waals surface area contributed by atoms with Crippen molar-refractivity contribution in [1.82, 2.24) is 5.32 Å². The molecule has 3 heteroatoms. The molecule has 0 bridgehead atoms. The van der Waals surface area contributed by atoms with Crippen LogP contribution in [0.15, 0.2) is 24.3 Å². The van der Waals surface area contributed by atoms with Crippen molar-refractivity contribution in [3.8, 4) is 6.07 Å². The summed E-state index contributed by atoms with van der Waals surface area (Å²) in [5, 5.41) is 12.0. The molecule has 0 aliphatic heterocycles. The van der Waals surface area contributed by atoms with Gasteiger partial charge in [-0.25, -0.2) is 4.39 Å². The van der Waals surface area contributed by atoms with Crippen LogP contribution in [-0.4, -0.2) is 6.54 Å². The molecule has 0 radical (unpaired) electrons. The molecule has 1 aromatic rings. The number of nitrogens with one attached hydrogen (secondary N) is 1. The summed E-state index contributed by atoms with van der Waals surface area (Å²) in [7, 11) is 0. The van der Waals surface area contributed by atoms with Crippen molar-refractivity contribution in [2.75, 3.05) is 6.54 Å². The van der Waals surface area contributed by atoms with E-state index in [9.17, 15) is 4.39 Å². The van der Waals surface area contributed by atoms with E-state index in [0.29, 0.717) is 13.1 Å². The fraction of sp³-hybridized carbons (Fsp3) is 0.417. The summed E-state index contributed by atoms with van der Waals surface area (Å²) in [6, 6.07) is 8.83. The van der Waals surface area contributed by atoms with Gasteiger partial charge in [0.2, 0.25) is 0 Å². The van der Waals surface area contributed by atoms with Crippen LogP contribution >= 0.6 is 0 Å². The largest absolute Gasteiger partial charge is 0.311 e. The fourth-order valence-electron chi connectivity index (χ4n) is 1.57. The quantitative estimate of drug-likeness (QED) is 0.816. The maximum Gasteiger partial charge on any atom is 0.123 e. The standard InChI is InChI=1S/C12H13FN2/c13-11-3-1-2-10(6-11)7-15-9-12(8-14)4-5-12/h1-3,6,15H,4-5,7,9H2. The molecule has 15 heavy (non-hydrogen) atoms. The third kappa shape index (κ3) is 2.54. The van der Waals surface area contributed by atoms with E-state index in [0.717, 1.165) is 18.4 Å². The normalized spacial score (nSPS) is 17.1. The summed E-state index contributed by atoms with van der Waals surface area (Å²) in [5.41, 5.74) is 0.789. The SMILES string of the molecule is N#CC1(CNCc2cccc(F)c2)CC1. The van der Waals surface area contributed by atoms with Gasteiger partial charge in [-0.15, -0.1) is 0 Å². The van der Waals surface area contributed by atoms with Crippen LogP contribution in [0.4, 0.5) is 4.39 Å². The molecule has 0 amide bonds. The van der Waals surface area contributed by atoms with E-state index in [1.165, 1.54) is 12.1 Å². The van der Waals surface area contributed by atoms with Crippen molar-refractivity contribution in [1.29, 1.82) is 5.26 Å². The first kappa shape index (κ1) is 10.1. The minimum Gasteiger partial charge on any atom is -0.311 e. The minimum atomic E-state index is -0.212. The van der Waals surface area contributed by atoms with E-state index in [-0.39, 0.29) is 11.2 Å². The predicted octanol–water partition coefficient (Wildman–Crippen LogP) is 2.22. The van der Waals surface area contributed by atoms with E-state index < -0.39 is 0 Å². The van der Waals surface area contributed by atoms with Crippen molar-refractivity contribution in [2.45, 2.75) is 19.4 Å². The zero-order valence-corrected chi connectivity index (χ0v) is 8.46. The molecule has 1 aliphatic carbocycles. The van der Waals surface area contributed by atoms with Gasteiger partial charge in [-0.2, -0.15) is 5.26 Å². The number of hydrogen-bond donors (Lipinski definition) is 1. The smallest absolute Gasteiger partial charge is 0.123 e. The fourth-order valence-corrected chi connectivity index (χ4v) is 1.57. The highest BCUT2D eigenvalue weighted by molar-refractivity contribution is 5.17. The van der Waals surface area contributed by atoms with Gasteiger partial charge in [-0.3, -0.25) is 0 Å². The van der Waals surface area contributed by atoms with Crippen LogP contribution in [0.1, 0.15) is 18.4 Å². The molecule has 1 aliphatic rings. The van der Waals surface area contributed by atoms with Gasteiger partial charge in [0.25, 0.3) is 0 Å². The van der Waals surface area contributed by atoms with E-state index in [1.54, 1.807) is 6.07 Å². The second kappa shape index (κ2) is 4.00. The Bertz CT molecular complexity index is 391. The van der Waals surface area contributed by atoms with Gasteiger partial charge in [0.05, 0.1) is 11.5 Å². The highest BCUT2D eigenvalue weighted by Crippen LogP contribution is 2.44. The van der Waals surface area contributed by atoms with Crippen molar-refractivity contribution >= 4 is 0 Å². The molecule has 0 aromatic heterocycles. The monoisotopic (exact) mass is 204 g/mol. The molecule has 0 heterocycles. The second-order valence-corrected chi connectivity index (χ2v) is 4.13. The van der Waals surface area contributed by atoms with Gasteiger partial charge in [0.1, 0.15) is 5.82 Å². The molecule has 1 saturated carbocycles. The van der Waals surface area contributed by atoms with Crippen LogP contribution in [0.2, 0.25) is 0 Å². The number of benzene rings is 1. The van der Waals surface area contributed by atoms with Crippen LogP contribution in [0.5, 0.6) is 0 Å². The molecule has 2 nitrogen and oxygen atoms in total. The second-order valence-electron chi connectivity index (χ2n) is 4.13. The molecule has 0 atom stereocenters. The van der Waals surface area contributed by atoms with Crippen molar-refractivity contribution in [3.63, 3.8) is 0 Å². The molecule has 1 aromatic carbocycles. The van der Waals surface area contributed by atoms with Crippen LogP contribution in [0, 0.1) is 22.6 Å². The zero-order valence-electron chi connectivity index (χ0n) is 8.46. The summed E-state index contributed by atoms with van der Waals surface area (Å²) >= 11 is 0. The highest BCUT2D eigenvalue weighted by atomic mass is 19.1. The maximum atomic E-state index is 12.8. The van der Waals surface area contributed by atoms with Gasteiger partial charge in [-0.05, 0) is 30.5 Å². The Morgan fingerprint density at radius 3 is 2.87 bits per heavy atom. The Kier molecular flexibility index (Phi) is 2.70. The van der Waals surface area contributed by atoms with Gasteiger partial charge >= 0.3 is 0 Å². The van der Waals surface area contributed by atoms with Crippen molar-refractivity contribution in [2.24, 2.45) is 5.41 Å². The van der Waals surface area contributed by atoms with Crippen molar-refractivity contribution < 1.29 is 4.39 Å². The molecule has 1 fully saturated rings. The third-order valence-corrected chi connectivity index (χ3v) is 2.77. The lowest BCUT2D eigenvalue weighted by atomic mass is 10.1. The van der Waals surface area contributed by atoms with E-state index in [4.69, 9.17) is 5.26 Å². The summed E-state index contributed by atoms with van der Waals surface area (Å²) in [5.74, 6) is -0.212. The summed E-state index contributed by atoms with van der Waals surface area (Å²) < 4.78 is 12.8. The molecule has 0 unspecified atom stereocenters. The van der Waals surface area contributed by atoms with Crippen LogP contribution in [0.25, 0.3) is 0 Å². The third-order valence-electron chi connectivity index (χ3n) is 2.77. The molecule has 2 rings (SSSR count). The van der Waals surface area contributed by atoms with Crippen molar-refractivity contribution in [3.05, 3.63) is 35.6 Å². The predicted molar refractivity (Wildman–Crippen MR) is 55.4 cm³/mol. The number of nitrogens with zero attached hydrogens (tertiary/aromatic N) is 1. The van der Waals surface area contributed by atoms with E-state index in [1.807, 2.05) is 6.07 Å². The van der Waals surface area contributed by atoms with Gasteiger partial charge in [-0.1, -0.05) is 12.1 Å². The Balaban J connectivity index is 1.82. The minimum absolute atomic E-state index is 0.132. The topological polar surface area (TPSA) is 35.8 Å². The Hall–Kier alpha value is -1.40. The molecule has 78 valence electrons. The molecular weight excluding hydrogens is 191 g/mol. The maximum absolute atomic E-state index is 12.8. The van der Waals surface area contributed by atoms with Gasteiger partial charge in [0, 0.05) is 13.1 Å². The van der Waals surface area contributed by atoms with Gasteiger partial charge < -0.3 is 5.32 Å². The number of halogens is 1. The number of hydrogen-bond acceptors (Lipinski definition) is 2. The Morgan fingerprint density at radius 2 is 2.27 bits per heavy atom. The molecular formula is C12H13FN2. The first-order chi connectivity index (χ1) is 7.24. The number of rotatable bonds is 4. The lowest BCUT2D eigenvalue weighted by Crippen LogP contribution is -2.22. The van der Waals surface area contributed by atoms with Crippen LogP contribution in [-0.2, 0) is 6.54 Å². The number of nitriles is 1. The zero-order chi connectivity index (χ0) is 10.7. The average molecular weight is 204 g/mol. The van der Waals surface area contributed by atoms with E-state index in [2.05, 4.69) is 11.4 Å².